The minimum atomic E-state index is -0.668. The van der Waals surface area contributed by atoms with Gasteiger partial charge in [0.1, 0.15) is 5.75 Å². The molecule has 7 heteroatoms. The maximum atomic E-state index is 12.4. The summed E-state index contributed by atoms with van der Waals surface area (Å²) < 4.78 is 5.72. The third-order valence-corrected chi connectivity index (χ3v) is 4.35. The molecule has 0 spiro atoms. The lowest BCUT2D eigenvalue weighted by atomic mass is 10.2. The molecular formula is C19H20ClN3O3. The Bertz CT molecular complexity index is 823. The van der Waals surface area contributed by atoms with Crippen LogP contribution in [0.5, 0.6) is 5.75 Å². The summed E-state index contributed by atoms with van der Waals surface area (Å²) in [4.78, 5) is 25.7. The normalized spacial score (nSPS) is 14.7. The molecule has 0 aliphatic carbocycles. The number of rotatable bonds is 5. The van der Waals surface area contributed by atoms with Gasteiger partial charge in [-0.1, -0.05) is 11.6 Å². The molecule has 6 nitrogen and oxygen atoms in total. The van der Waals surface area contributed by atoms with Crippen LogP contribution in [0.3, 0.4) is 0 Å². The molecule has 1 saturated heterocycles. The Morgan fingerprint density at radius 3 is 2.62 bits per heavy atom. The minimum Gasteiger partial charge on any atom is -0.481 e. The van der Waals surface area contributed by atoms with Crippen molar-refractivity contribution < 1.29 is 14.3 Å². The quantitative estimate of drug-likeness (QED) is 0.841. The average Bonchev–Trinajstić information content (AvgIpc) is 3.04. The molecule has 2 aromatic carbocycles. The third kappa shape index (κ3) is 4.08. The SMILES string of the molecule is Cc1cc(Cl)ccc1OC(C)C(=O)Nc1ccc(N2CCNC2=O)cc1. The molecule has 26 heavy (non-hydrogen) atoms. The van der Waals surface area contributed by atoms with E-state index in [0.29, 0.717) is 29.5 Å². The van der Waals surface area contributed by atoms with Crippen molar-refractivity contribution >= 4 is 34.9 Å². The summed E-state index contributed by atoms with van der Waals surface area (Å²) in [5.74, 6) is 0.360. The van der Waals surface area contributed by atoms with Gasteiger partial charge in [-0.15, -0.1) is 0 Å². The molecule has 3 amide bonds. The van der Waals surface area contributed by atoms with E-state index in [4.69, 9.17) is 16.3 Å². The summed E-state index contributed by atoms with van der Waals surface area (Å²) in [7, 11) is 0. The van der Waals surface area contributed by atoms with Gasteiger partial charge >= 0.3 is 6.03 Å². The highest BCUT2D eigenvalue weighted by Gasteiger charge is 2.21. The fourth-order valence-electron chi connectivity index (χ4n) is 2.68. The van der Waals surface area contributed by atoms with E-state index in [1.165, 1.54) is 0 Å². The highest BCUT2D eigenvalue weighted by Crippen LogP contribution is 2.23. The highest BCUT2D eigenvalue weighted by atomic mass is 35.5. The zero-order valence-electron chi connectivity index (χ0n) is 14.6. The van der Waals surface area contributed by atoms with Gasteiger partial charge in [-0.3, -0.25) is 9.69 Å². The number of nitrogens with one attached hydrogen (secondary N) is 2. The van der Waals surface area contributed by atoms with Crippen LogP contribution in [0.2, 0.25) is 5.02 Å². The molecule has 0 bridgehead atoms. The van der Waals surface area contributed by atoms with Gasteiger partial charge in [-0.2, -0.15) is 0 Å². The number of amides is 3. The van der Waals surface area contributed by atoms with Crippen molar-refractivity contribution in [3.63, 3.8) is 0 Å². The first kappa shape index (κ1) is 18.1. The summed E-state index contributed by atoms with van der Waals surface area (Å²) in [6.45, 7) is 4.83. The zero-order chi connectivity index (χ0) is 18.7. The number of carbonyl (C=O) groups excluding carboxylic acids is 2. The van der Waals surface area contributed by atoms with Crippen LogP contribution in [0.15, 0.2) is 42.5 Å². The number of nitrogens with zero attached hydrogens (tertiary/aromatic N) is 1. The van der Waals surface area contributed by atoms with Crippen LogP contribution in [0, 0.1) is 6.92 Å². The molecule has 2 N–H and O–H groups in total. The lowest BCUT2D eigenvalue weighted by molar-refractivity contribution is -0.122. The van der Waals surface area contributed by atoms with Gasteiger partial charge in [0.25, 0.3) is 5.91 Å². The van der Waals surface area contributed by atoms with Gasteiger partial charge in [-0.25, -0.2) is 4.79 Å². The van der Waals surface area contributed by atoms with Gasteiger partial charge < -0.3 is 15.4 Å². The van der Waals surface area contributed by atoms with Gasteiger partial charge in [0.05, 0.1) is 0 Å². The highest BCUT2D eigenvalue weighted by molar-refractivity contribution is 6.30. The van der Waals surface area contributed by atoms with E-state index in [0.717, 1.165) is 11.3 Å². The van der Waals surface area contributed by atoms with E-state index >= 15 is 0 Å². The number of urea groups is 1. The molecule has 1 heterocycles. The average molecular weight is 374 g/mol. The molecule has 1 aliphatic rings. The van der Waals surface area contributed by atoms with Crippen molar-refractivity contribution in [3.8, 4) is 5.75 Å². The Balaban J connectivity index is 1.61. The molecule has 1 aliphatic heterocycles. The Hall–Kier alpha value is -2.73. The van der Waals surface area contributed by atoms with E-state index in [1.807, 2.05) is 6.92 Å². The Kier molecular flexibility index (Phi) is 5.32. The fourth-order valence-corrected chi connectivity index (χ4v) is 2.90. The summed E-state index contributed by atoms with van der Waals surface area (Å²) in [6.07, 6.45) is -0.668. The van der Waals surface area contributed by atoms with Crippen molar-refractivity contribution in [1.82, 2.24) is 5.32 Å². The van der Waals surface area contributed by atoms with E-state index in [1.54, 1.807) is 54.3 Å². The molecular weight excluding hydrogens is 354 g/mol. The molecule has 0 radical (unpaired) electrons. The maximum Gasteiger partial charge on any atom is 0.321 e. The summed E-state index contributed by atoms with van der Waals surface area (Å²) in [5, 5.41) is 6.19. The lowest BCUT2D eigenvalue weighted by Gasteiger charge is -2.17. The van der Waals surface area contributed by atoms with Crippen LogP contribution < -0.4 is 20.3 Å². The van der Waals surface area contributed by atoms with E-state index in [2.05, 4.69) is 10.6 Å². The van der Waals surface area contributed by atoms with Gasteiger partial charge in [0.2, 0.25) is 0 Å². The second-order valence-electron chi connectivity index (χ2n) is 6.09. The molecule has 1 atom stereocenters. The Labute approximate surface area is 157 Å². The first-order chi connectivity index (χ1) is 12.4. The number of carbonyl (C=O) groups is 2. The number of ether oxygens (including phenoxy) is 1. The molecule has 2 aromatic rings. The molecule has 1 fully saturated rings. The smallest absolute Gasteiger partial charge is 0.321 e. The second-order valence-corrected chi connectivity index (χ2v) is 6.53. The van der Waals surface area contributed by atoms with Crippen LogP contribution in [0.1, 0.15) is 12.5 Å². The predicted octanol–water partition coefficient (Wildman–Crippen LogP) is 3.58. The number of hydrogen-bond acceptors (Lipinski definition) is 3. The Morgan fingerprint density at radius 2 is 2.00 bits per heavy atom. The largest absolute Gasteiger partial charge is 0.481 e. The number of benzene rings is 2. The molecule has 3 rings (SSSR count). The molecule has 1 unspecified atom stereocenters. The first-order valence-electron chi connectivity index (χ1n) is 8.33. The van der Waals surface area contributed by atoms with E-state index in [9.17, 15) is 9.59 Å². The Morgan fingerprint density at radius 1 is 1.27 bits per heavy atom. The summed E-state index contributed by atoms with van der Waals surface area (Å²) >= 11 is 5.93. The number of aryl methyl sites for hydroxylation is 1. The van der Waals surface area contributed by atoms with Crippen LogP contribution in [-0.2, 0) is 4.79 Å². The number of hydrogen-bond donors (Lipinski definition) is 2. The fraction of sp³-hybridized carbons (Fsp3) is 0.263. The van der Waals surface area contributed by atoms with Crippen molar-refractivity contribution in [1.29, 1.82) is 0 Å². The third-order valence-electron chi connectivity index (χ3n) is 4.11. The lowest BCUT2D eigenvalue weighted by Crippen LogP contribution is -2.30. The van der Waals surface area contributed by atoms with Gasteiger partial charge in [0.15, 0.2) is 6.10 Å². The predicted molar refractivity (Wildman–Crippen MR) is 102 cm³/mol. The van der Waals surface area contributed by atoms with Gasteiger partial charge in [0, 0.05) is 29.5 Å². The minimum absolute atomic E-state index is 0.109. The van der Waals surface area contributed by atoms with Crippen molar-refractivity contribution in [2.24, 2.45) is 0 Å². The number of halogens is 1. The van der Waals surface area contributed by atoms with Crippen LogP contribution in [-0.4, -0.2) is 31.1 Å². The summed E-state index contributed by atoms with van der Waals surface area (Å²) in [6, 6.07) is 12.3. The number of anilines is 2. The maximum absolute atomic E-state index is 12.4. The van der Waals surface area contributed by atoms with E-state index < -0.39 is 6.10 Å². The van der Waals surface area contributed by atoms with Gasteiger partial charge in [-0.05, 0) is 61.9 Å². The second kappa shape index (κ2) is 7.66. The zero-order valence-corrected chi connectivity index (χ0v) is 15.3. The first-order valence-corrected chi connectivity index (χ1v) is 8.71. The van der Waals surface area contributed by atoms with Crippen molar-refractivity contribution in [2.75, 3.05) is 23.3 Å². The van der Waals surface area contributed by atoms with Crippen LogP contribution in [0.25, 0.3) is 0 Å². The van der Waals surface area contributed by atoms with Crippen molar-refractivity contribution in [3.05, 3.63) is 53.1 Å². The molecule has 136 valence electrons. The summed E-state index contributed by atoms with van der Waals surface area (Å²) in [5.41, 5.74) is 2.30. The molecule has 0 saturated carbocycles. The van der Waals surface area contributed by atoms with E-state index in [-0.39, 0.29) is 11.9 Å². The van der Waals surface area contributed by atoms with Crippen LogP contribution in [0.4, 0.5) is 16.2 Å². The topological polar surface area (TPSA) is 70.7 Å². The molecule has 0 aromatic heterocycles. The standard InChI is InChI=1S/C19H20ClN3O3/c1-12-11-14(20)3-8-17(12)26-13(2)18(24)22-15-4-6-16(7-5-15)23-10-9-21-19(23)25/h3-8,11,13H,9-10H2,1-2H3,(H,21,25)(H,22,24). The van der Waals surface area contributed by atoms with Crippen molar-refractivity contribution in [2.45, 2.75) is 20.0 Å². The monoisotopic (exact) mass is 373 g/mol. The van der Waals surface area contributed by atoms with Crippen LogP contribution >= 0.6 is 11.6 Å².